The molecule has 0 bridgehead atoms. The zero-order valence-corrected chi connectivity index (χ0v) is 9.60. The summed E-state index contributed by atoms with van der Waals surface area (Å²) in [5.74, 6) is -1.33. The number of methoxy groups -OCH3 is 1. The monoisotopic (exact) mass is 252 g/mol. The van der Waals surface area contributed by atoms with Gasteiger partial charge in [-0.05, 0) is 29.5 Å². The van der Waals surface area contributed by atoms with Crippen molar-refractivity contribution >= 4 is 5.97 Å². The lowest BCUT2D eigenvalue weighted by molar-refractivity contribution is 0.0599. The van der Waals surface area contributed by atoms with Crippen molar-refractivity contribution in [2.24, 2.45) is 0 Å². The minimum atomic E-state index is -0.753. The van der Waals surface area contributed by atoms with Gasteiger partial charge in [-0.25, -0.2) is 19.1 Å². The Bertz CT molecular complexity index is 661. The lowest BCUT2D eigenvalue weighted by Gasteiger charge is -2.09. The van der Waals surface area contributed by atoms with Crippen molar-refractivity contribution in [1.29, 1.82) is 0 Å². The lowest BCUT2D eigenvalue weighted by Crippen LogP contribution is -2.20. The number of rotatable bonds is 2. The minimum Gasteiger partial charge on any atom is -0.465 e. The molecule has 0 spiro atoms. The van der Waals surface area contributed by atoms with Gasteiger partial charge in [0.1, 0.15) is 5.82 Å². The summed E-state index contributed by atoms with van der Waals surface area (Å²) in [4.78, 5) is 23.1. The smallest absolute Gasteiger partial charge is 0.365 e. The Morgan fingerprint density at radius 3 is 2.78 bits per heavy atom. The second-order valence-corrected chi connectivity index (χ2v) is 3.48. The number of esters is 1. The van der Waals surface area contributed by atoms with Gasteiger partial charge in [-0.15, -0.1) is 0 Å². The number of halogens is 1. The molecule has 0 aliphatic heterocycles. The normalized spacial score (nSPS) is 10.4. The number of tetrazole rings is 1. The quantitative estimate of drug-likeness (QED) is 0.770. The van der Waals surface area contributed by atoms with Gasteiger partial charge < -0.3 is 4.74 Å². The van der Waals surface area contributed by atoms with E-state index in [9.17, 15) is 14.0 Å². The fraction of sp³-hybridized carbons (Fsp3) is 0.200. The highest BCUT2D eigenvalue weighted by atomic mass is 19.1. The van der Waals surface area contributed by atoms with Crippen LogP contribution >= 0.6 is 0 Å². The topological polar surface area (TPSA) is 89.9 Å². The van der Waals surface area contributed by atoms with Crippen molar-refractivity contribution in [2.75, 3.05) is 7.11 Å². The molecule has 94 valence electrons. The molecule has 0 saturated carbocycles. The fourth-order valence-electron chi connectivity index (χ4n) is 1.56. The number of hydrogen-bond acceptors (Lipinski definition) is 5. The molecule has 8 heteroatoms. The summed E-state index contributed by atoms with van der Waals surface area (Å²) < 4.78 is 18.9. The van der Waals surface area contributed by atoms with Crippen molar-refractivity contribution in [2.45, 2.75) is 6.92 Å². The van der Waals surface area contributed by atoms with Gasteiger partial charge in [0, 0.05) is 5.56 Å². The van der Waals surface area contributed by atoms with Crippen molar-refractivity contribution in [3.8, 4) is 5.69 Å². The first kappa shape index (κ1) is 12.0. The van der Waals surface area contributed by atoms with Gasteiger partial charge in [0.25, 0.3) is 0 Å². The number of aromatic amines is 1. The van der Waals surface area contributed by atoms with Gasteiger partial charge in [-0.2, -0.15) is 4.68 Å². The molecule has 1 aromatic heterocycles. The first-order valence-electron chi connectivity index (χ1n) is 4.94. The lowest BCUT2D eigenvalue weighted by atomic mass is 10.1. The summed E-state index contributed by atoms with van der Waals surface area (Å²) in [6, 6.07) is 2.40. The van der Waals surface area contributed by atoms with Gasteiger partial charge in [-0.3, -0.25) is 0 Å². The highest BCUT2D eigenvalue weighted by molar-refractivity contribution is 5.95. The van der Waals surface area contributed by atoms with Gasteiger partial charge in [0.15, 0.2) is 0 Å². The molecule has 18 heavy (non-hydrogen) atoms. The van der Waals surface area contributed by atoms with Crippen molar-refractivity contribution in [3.63, 3.8) is 0 Å². The molecule has 2 aromatic rings. The van der Waals surface area contributed by atoms with E-state index in [1.165, 1.54) is 20.1 Å². The number of nitrogens with zero attached hydrogens (tertiary/aromatic N) is 3. The van der Waals surface area contributed by atoms with E-state index in [1.54, 1.807) is 0 Å². The van der Waals surface area contributed by atoms with Gasteiger partial charge in [-0.1, -0.05) is 0 Å². The molecule has 1 aromatic carbocycles. The van der Waals surface area contributed by atoms with E-state index in [1.807, 2.05) is 0 Å². The zero-order valence-electron chi connectivity index (χ0n) is 9.60. The maximum absolute atomic E-state index is 13.5. The first-order valence-corrected chi connectivity index (χ1v) is 4.94. The van der Waals surface area contributed by atoms with Crippen LogP contribution in [0.3, 0.4) is 0 Å². The van der Waals surface area contributed by atoms with E-state index in [4.69, 9.17) is 0 Å². The van der Waals surface area contributed by atoms with E-state index in [2.05, 4.69) is 20.3 Å². The Hall–Kier alpha value is -2.51. The second-order valence-electron chi connectivity index (χ2n) is 3.48. The Morgan fingerprint density at radius 1 is 1.50 bits per heavy atom. The third-order valence-corrected chi connectivity index (χ3v) is 2.47. The molecule has 7 nitrogen and oxygen atoms in total. The molecule has 0 atom stereocenters. The van der Waals surface area contributed by atoms with E-state index < -0.39 is 17.5 Å². The average molecular weight is 252 g/mol. The molecule has 1 heterocycles. The molecule has 0 saturated heterocycles. The van der Waals surface area contributed by atoms with Crippen molar-refractivity contribution < 1.29 is 13.9 Å². The number of hydrogen-bond donors (Lipinski definition) is 1. The Morgan fingerprint density at radius 2 is 2.22 bits per heavy atom. The summed E-state index contributed by atoms with van der Waals surface area (Å²) in [6.45, 7) is 1.41. The summed E-state index contributed by atoms with van der Waals surface area (Å²) in [5.41, 5.74) is -0.506. The maximum atomic E-state index is 13.5. The van der Waals surface area contributed by atoms with Crippen LogP contribution in [-0.2, 0) is 4.74 Å². The number of aromatic nitrogens is 4. The largest absolute Gasteiger partial charge is 0.465 e. The highest BCUT2D eigenvalue weighted by Crippen LogP contribution is 2.20. The SMILES string of the molecule is COC(=O)c1c(-n2nn[nH]c2=O)ccc(F)c1C. The minimum absolute atomic E-state index is 0.0616. The number of nitrogens with one attached hydrogen (secondary N) is 1. The summed E-state index contributed by atoms with van der Waals surface area (Å²) in [6.07, 6.45) is 0. The van der Waals surface area contributed by atoms with Gasteiger partial charge >= 0.3 is 11.7 Å². The molecule has 2 rings (SSSR count). The van der Waals surface area contributed by atoms with E-state index >= 15 is 0 Å². The molecule has 0 amide bonds. The van der Waals surface area contributed by atoms with E-state index in [0.29, 0.717) is 0 Å². The second kappa shape index (κ2) is 4.40. The highest BCUT2D eigenvalue weighted by Gasteiger charge is 2.20. The number of H-pyrrole nitrogens is 1. The van der Waals surface area contributed by atoms with Crippen LogP contribution in [-0.4, -0.2) is 33.3 Å². The molecule has 1 N–H and O–H groups in total. The van der Waals surface area contributed by atoms with Crippen molar-refractivity contribution in [3.05, 3.63) is 39.6 Å². The van der Waals surface area contributed by atoms with Crippen LogP contribution in [0.25, 0.3) is 5.69 Å². The zero-order chi connectivity index (χ0) is 13.3. The Labute approximate surface area is 100 Å². The summed E-state index contributed by atoms with van der Waals surface area (Å²) in [5, 5.41) is 8.89. The number of ether oxygens (including phenoxy) is 1. The maximum Gasteiger partial charge on any atom is 0.365 e. The average Bonchev–Trinajstić information content (AvgIpc) is 2.78. The molecule has 0 aliphatic rings. The molecule has 0 aliphatic carbocycles. The third-order valence-electron chi connectivity index (χ3n) is 2.47. The molecule has 0 unspecified atom stereocenters. The van der Waals surface area contributed by atoms with E-state index in [0.717, 1.165) is 10.7 Å². The Kier molecular flexibility index (Phi) is 2.92. The van der Waals surface area contributed by atoms with Crippen LogP contribution in [0.4, 0.5) is 4.39 Å². The van der Waals surface area contributed by atoms with Crippen LogP contribution in [0.2, 0.25) is 0 Å². The Balaban J connectivity index is 2.76. The standard InChI is InChI=1S/C10H9FN4O3/c1-5-6(11)3-4-7(8(5)9(16)18-2)15-10(17)12-13-14-15/h3-4H,1-2H3,(H,12,14,17). The summed E-state index contributed by atoms with van der Waals surface area (Å²) >= 11 is 0. The van der Waals surface area contributed by atoms with Crippen LogP contribution in [0.1, 0.15) is 15.9 Å². The third kappa shape index (κ3) is 1.77. The molecular weight excluding hydrogens is 243 g/mol. The predicted molar refractivity (Wildman–Crippen MR) is 58.0 cm³/mol. The molecule has 0 fully saturated rings. The number of carbonyl (C=O) groups is 1. The van der Waals surface area contributed by atoms with E-state index in [-0.39, 0.29) is 16.8 Å². The van der Waals surface area contributed by atoms with Gasteiger partial charge in [0.05, 0.1) is 18.4 Å². The predicted octanol–water partition coefficient (Wildman–Crippen LogP) is 0.190. The number of carbonyl (C=O) groups excluding carboxylic acids is 1. The van der Waals surface area contributed by atoms with Crippen LogP contribution in [0.5, 0.6) is 0 Å². The van der Waals surface area contributed by atoms with Crippen LogP contribution < -0.4 is 5.69 Å². The fourth-order valence-corrected chi connectivity index (χ4v) is 1.56. The van der Waals surface area contributed by atoms with Gasteiger partial charge in [0.2, 0.25) is 0 Å². The first-order chi connectivity index (χ1) is 8.56. The van der Waals surface area contributed by atoms with Crippen LogP contribution in [0, 0.1) is 12.7 Å². The van der Waals surface area contributed by atoms with Crippen molar-refractivity contribution in [1.82, 2.24) is 20.2 Å². The number of benzene rings is 1. The van der Waals surface area contributed by atoms with Crippen LogP contribution in [0.15, 0.2) is 16.9 Å². The molecule has 0 radical (unpaired) electrons. The summed E-state index contributed by atoms with van der Waals surface area (Å²) in [7, 11) is 1.17. The molecular formula is C10H9FN4O3.